The molecule has 0 aliphatic heterocycles. The van der Waals surface area contributed by atoms with E-state index in [2.05, 4.69) is 20.7 Å². The van der Waals surface area contributed by atoms with Crippen molar-refractivity contribution >= 4 is 5.91 Å². The Hall–Kier alpha value is -3.02. The maximum Gasteiger partial charge on any atom is 0.272 e. The quantitative estimate of drug-likeness (QED) is 0.799. The van der Waals surface area contributed by atoms with Gasteiger partial charge in [-0.15, -0.1) is 5.10 Å². The van der Waals surface area contributed by atoms with Crippen LogP contribution in [0.3, 0.4) is 0 Å². The molecule has 0 saturated carbocycles. The third-order valence-corrected chi connectivity index (χ3v) is 3.28. The summed E-state index contributed by atoms with van der Waals surface area (Å²) in [5.41, 5.74) is 2.83. The average molecular weight is 294 g/mol. The SMILES string of the molecule is Cc1c(CNC(=O)c2cccnn2)noc1-c1ccccc1. The van der Waals surface area contributed by atoms with E-state index >= 15 is 0 Å². The zero-order chi connectivity index (χ0) is 15.4. The van der Waals surface area contributed by atoms with Crippen molar-refractivity contribution in [2.75, 3.05) is 0 Å². The highest BCUT2D eigenvalue weighted by Crippen LogP contribution is 2.25. The molecule has 6 nitrogen and oxygen atoms in total. The third kappa shape index (κ3) is 2.85. The Morgan fingerprint density at radius 1 is 1.18 bits per heavy atom. The van der Waals surface area contributed by atoms with Gasteiger partial charge in [-0.25, -0.2) is 0 Å². The van der Waals surface area contributed by atoms with Crippen molar-refractivity contribution in [2.45, 2.75) is 13.5 Å². The van der Waals surface area contributed by atoms with Gasteiger partial charge in [0.2, 0.25) is 0 Å². The van der Waals surface area contributed by atoms with Crippen LogP contribution in [0, 0.1) is 6.92 Å². The number of hydrogen-bond donors (Lipinski definition) is 1. The van der Waals surface area contributed by atoms with Gasteiger partial charge >= 0.3 is 0 Å². The summed E-state index contributed by atoms with van der Waals surface area (Å²) in [6.07, 6.45) is 1.52. The first-order chi connectivity index (χ1) is 10.8. The molecular weight excluding hydrogens is 280 g/mol. The lowest BCUT2D eigenvalue weighted by Gasteiger charge is -2.02. The molecule has 0 saturated heterocycles. The number of nitrogens with zero attached hydrogens (tertiary/aromatic N) is 3. The van der Waals surface area contributed by atoms with Gasteiger partial charge in [0.25, 0.3) is 5.91 Å². The Morgan fingerprint density at radius 3 is 2.73 bits per heavy atom. The van der Waals surface area contributed by atoms with E-state index in [0.29, 0.717) is 11.5 Å². The van der Waals surface area contributed by atoms with Crippen LogP contribution in [0.5, 0.6) is 0 Å². The molecule has 3 aromatic rings. The van der Waals surface area contributed by atoms with Crippen LogP contribution in [0.4, 0.5) is 0 Å². The van der Waals surface area contributed by atoms with Crippen molar-refractivity contribution in [1.29, 1.82) is 0 Å². The van der Waals surface area contributed by atoms with Crippen molar-refractivity contribution in [1.82, 2.24) is 20.7 Å². The van der Waals surface area contributed by atoms with Crippen molar-refractivity contribution < 1.29 is 9.32 Å². The predicted molar refractivity (Wildman–Crippen MR) is 79.9 cm³/mol. The smallest absolute Gasteiger partial charge is 0.272 e. The number of benzene rings is 1. The number of carbonyl (C=O) groups excluding carboxylic acids is 1. The molecule has 110 valence electrons. The van der Waals surface area contributed by atoms with Crippen molar-refractivity contribution in [3.63, 3.8) is 0 Å². The van der Waals surface area contributed by atoms with E-state index in [0.717, 1.165) is 11.1 Å². The molecule has 6 heteroatoms. The minimum atomic E-state index is -0.295. The normalized spacial score (nSPS) is 10.4. The second-order valence-electron chi connectivity index (χ2n) is 4.74. The van der Waals surface area contributed by atoms with E-state index in [1.807, 2.05) is 37.3 Å². The zero-order valence-electron chi connectivity index (χ0n) is 12.0. The van der Waals surface area contributed by atoms with Gasteiger partial charge in [0.1, 0.15) is 5.69 Å². The Balaban J connectivity index is 1.72. The van der Waals surface area contributed by atoms with Gasteiger partial charge in [-0.1, -0.05) is 35.5 Å². The Kier molecular flexibility index (Phi) is 3.91. The van der Waals surface area contributed by atoms with Crippen LogP contribution in [0.1, 0.15) is 21.7 Å². The van der Waals surface area contributed by atoms with Crippen LogP contribution in [-0.2, 0) is 6.54 Å². The molecule has 0 atom stereocenters. The van der Waals surface area contributed by atoms with Crippen LogP contribution in [0.25, 0.3) is 11.3 Å². The lowest BCUT2D eigenvalue weighted by molar-refractivity contribution is 0.0944. The standard InChI is InChI=1S/C16H14N4O2/c1-11-14(10-17-16(21)13-8-5-9-18-19-13)20-22-15(11)12-6-3-2-4-7-12/h2-9H,10H2,1H3,(H,17,21). The highest BCUT2D eigenvalue weighted by Gasteiger charge is 2.15. The monoisotopic (exact) mass is 294 g/mol. The molecule has 1 aromatic carbocycles. The average Bonchev–Trinajstić information content (AvgIpc) is 2.95. The highest BCUT2D eigenvalue weighted by atomic mass is 16.5. The summed E-state index contributed by atoms with van der Waals surface area (Å²) in [4.78, 5) is 11.9. The predicted octanol–water partition coefficient (Wildman–Crippen LogP) is 2.37. The summed E-state index contributed by atoms with van der Waals surface area (Å²) in [5.74, 6) is 0.418. The Labute approximate surface area is 127 Å². The van der Waals surface area contributed by atoms with Crippen LogP contribution in [0.2, 0.25) is 0 Å². The van der Waals surface area contributed by atoms with E-state index in [9.17, 15) is 4.79 Å². The van der Waals surface area contributed by atoms with E-state index in [1.54, 1.807) is 12.1 Å². The topological polar surface area (TPSA) is 80.9 Å². The van der Waals surface area contributed by atoms with E-state index in [1.165, 1.54) is 6.20 Å². The van der Waals surface area contributed by atoms with Crippen LogP contribution >= 0.6 is 0 Å². The second kappa shape index (κ2) is 6.17. The molecule has 0 fully saturated rings. The molecule has 3 rings (SSSR count). The first-order valence-electron chi connectivity index (χ1n) is 6.82. The van der Waals surface area contributed by atoms with Crippen molar-refractivity contribution in [2.24, 2.45) is 0 Å². The fraction of sp³-hybridized carbons (Fsp3) is 0.125. The summed E-state index contributed by atoms with van der Waals surface area (Å²) < 4.78 is 5.39. The maximum atomic E-state index is 11.9. The molecule has 2 aromatic heterocycles. The molecule has 0 unspecified atom stereocenters. The van der Waals surface area contributed by atoms with Gasteiger partial charge in [0, 0.05) is 17.3 Å². The molecule has 0 radical (unpaired) electrons. The van der Waals surface area contributed by atoms with Crippen molar-refractivity contribution in [3.05, 3.63) is 65.6 Å². The zero-order valence-corrected chi connectivity index (χ0v) is 12.0. The Morgan fingerprint density at radius 2 is 2.00 bits per heavy atom. The molecule has 0 aliphatic carbocycles. The van der Waals surface area contributed by atoms with Crippen molar-refractivity contribution in [3.8, 4) is 11.3 Å². The molecule has 2 heterocycles. The minimum Gasteiger partial charge on any atom is -0.356 e. The number of carbonyl (C=O) groups is 1. The largest absolute Gasteiger partial charge is 0.356 e. The number of hydrogen-bond acceptors (Lipinski definition) is 5. The molecule has 0 aliphatic rings. The summed E-state index contributed by atoms with van der Waals surface area (Å²) >= 11 is 0. The summed E-state index contributed by atoms with van der Waals surface area (Å²) in [6.45, 7) is 2.19. The first-order valence-corrected chi connectivity index (χ1v) is 6.82. The number of amides is 1. The minimum absolute atomic E-state index is 0.270. The van der Waals surface area contributed by atoms with Gasteiger partial charge in [-0.05, 0) is 19.1 Å². The number of aromatic nitrogens is 3. The summed E-state index contributed by atoms with van der Waals surface area (Å²) in [6, 6.07) is 13.0. The summed E-state index contributed by atoms with van der Waals surface area (Å²) in [5, 5.41) is 14.2. The molecule has 1 amide bonds. The Bertz CT molecular complexity index is 769. The van der Waals surface area contributed by atoms with Crippen LogP contribution in [0.15, 0.2) is 53.2 Å². The van der Waals surface area contributed by atoms with Gasteiger partial charge in [-0.3, -0.25) is 4.79 Å². The molecule has 0 spiro atoms. The number of nitrogens with one attached hydrogen (secondary N) is 1. The number of rotatable bonds is 4. The van der Waals surface area contributed by atoms with Gasteiger partial charge in [-0.2, -0.15) is 5.10 Å². The highest BCUT2D eigenvalue weighted by molar-refractivity contribution is 5.91. The lowest BCUT2D eigenvalue weighted by Crippen LogP contribution is -2.24. The van der Waals surface area contributed by atoms with Gasteiger partial charge < -0.3 is 9.84 Å². The lowest BCUT2D eigenvalue weighted by atomic mass is 10.1. The molecule has 22 heavy (non-hydrogen) atoms. The molecule has 1 N–H and O–H groups in total. The van der Waals surface area contributed by atoms with Gasteiger partial charge in [0.05, 0.1) is 6.54 Å². The third-order valence-electron chi connectivity index (χ3n) is 3.28. The van der Waals surface area contributed by atoms with Gasteiger partial charge in [0.15, 0.2) is 11.5 Å². The molecular formula is C16H14N4O2. The van der Waals surface area contributed by atoms with Crippen LogP contribution < -0.4 is 5.32 Å². The first kappa shape index (κ1) is 13.9. The van der Waals surface area contributed by atoms with E-state index in [-0.39, 0.29) is 18.1 Å². The van der Waals surface area contributed by atoms with E-state index in [4.69, 9.17) is 4.52 Å². The fourth-order valence-electron chi connectivity index (χ4n) is 2.07. The summed E-state index contributed by atoms with van der Waals surface area (Å²) in [7, 11) is 0. The maximum absolute atomic E-state index is 11.9. The second-order valence-corrected chi connectivity index (χ2v) is 4.74. The van der Waals surface area contributed by atoms with E-state index < -0.39 is 0 Å². The molecule has 0 bridgehead atoms. The van der Waals surface area contributed by atoms with Crippen LogP contribution in [-0.4, -0.2) is 21.3 Å². The fourth-order valence-corrected chi connectivity index (χ4v) is 2.07.